The first-order valence-corrected chi connectivity index (χ1v) is 6.29. The largest absolute Gasteiger partial charge is 0.411 e. The second kappa shape index (κ2) is 6.73. The molecule has 1 saturated heterocycles. The molecule has 18 heavy (non-hydrogen) atoms. The lowest BCUT2D eigenvalue weighted by atomic mass is 9.83. The third kappa shape index (κ3) is 6.02. The number of alkyl halides is 3. The van der Waals surface area contributed by atoms with Crippen LogP contribution in [-0.4, -0.2) is 45.2 Å². The molecular weight excluding hydrogens is 247 g/mol. The molecule has 0 aromatic heterocycles. The van der Waals surface area contributed by atoms with Gasteiger partial charge in [-0.15, -0.1) is 0 Å². The minimum absolute atomic E-state index is 0.0895. The van der Waals surface area contributed by atoms with Gasteiger partial charge in [-0.2, -0.15) is 13.2 Å². The predicted molar refractivity (Wildman–Crippen MR) is 62.5 cm³/mol. The number of rotatable bonds is 6. The van der Waals surface area contributed by atoms with E-state index in [0.717, 1.165) is 12.8 Å². The highest BCUT2D eigenvalue weighted by molar-refractivity contribution is 4.84. The van der Waals surface area contributed by atoms with Gasteiger partial charge in [0.1, 0.15) is 6.61 Å². The van der Waals surface area contributed by atoms with Crippen LogP contribution in [-0.2, 0) is 9.47 Å². The molecule has 1 atom stereocenters. The minimum atomic E-state index is -4.26. The third-order valence-electron chi connectivity index (χ3n) is 2.96. The normalized spacial score (nSPS) is 25.7. The van der Waals surface area contributed by atoms with Crippen LogP contribution < -0.4 is 5.32 Å². The molecule has 1 aliphatic heterocycles. The molecule has 1 N–H and O–H groups in total. The van der Waals surface area contributed by atoms with E-state index in [1.165, 1.54) is 0 Å². The second-order valence-electron chi connectivity index (χ2n) is 5.30. The Morgan fingerprint density at radius 1 is 1.39 bits per heavy atom. The number of nitrogens with one attached hydrogen (secondary N) is 1. The van der Waals surface area contributed by atoms with Crippen molar-refractivity contribution in [1.82, 2.24) is 5.32 Å². The van der Waals surface area contributed by atoms with E-state index in [0.29, 0.717) is 25.8 Å². The zero-order chi connectivity index (χ0) is 13.6. The summed E-state index contributed by atoms with van der Waals surface area (Å²) in [6.45, 7) is 4.69. The van der Waals surface area contributed by atoms with Crippen molar-refractivity contribution in [1.29, 1.82) is 0 Å². The molecule has 6 heteroatoms. The van der Waals surface area contributed by atoms with Crippen LogP contribution in [0.2, 0.25) is 0 Å². The highest BCUT2D eigenvalue weighted by Crippen LogP contribution is 2.29. The Balaban J connectivity index is 2.44. The van der Waals surface area contributed by atoms with Crippen LogP contribution in [0.1, 0.15) is 26.7 Å². The van der Waals surface area contributed by atoms with Crippen molar-refractivity contribution in [3.63, 3.8) is 0 Å². The Kier molecular flexibility index (Phi) is 5.88. The van der Waals surface area contributed by atoms with Crippen LogP contribution in [0.3, 0.4) is 0 Å². The van der Waals surface area contributed by atoms with Gasteiger partial charge in [-0.05, 0) is 12.8 Å². The number of hydrogen-bond donors (Lipinski definition) is 1. The number of ether oxygens (including phenoxy) is 2. The molecule has 0 aromatic carbocycles. The Morgan fingerprint density at radius 2 is 2.11 bits per heavy atom. The van der Waals surface area contributed by atoms with E-state index in [1.54, 1.807) is 0 Å². The average molecular weight is 269 g/mol. The van der Waals surface area contributed by atoms with Crippen LogP contribution in [0, 0.1) is 5.41 Å². The van der Waals surface area contributed by atoms with Gasteiger partial charge in [0.15, 0.2) is 0 Å². The molecule has 0 bridgehead atoms. The molecule has 108 valence electrons. The molecule has 3 nitrogen and oxygen atoms in total. The van der Waals surface area contributed by atoms with Crippen molar-refractivity contribution < 1.29 is 22.6 Å². The van der Waals surface area contributed by atoms with E-state index < -0.39 is 12.8 Å². The smallest absolute Gasteiger partial charge is 0.381 e. The number of hydrogen-bond acceptors (Lipinski definition) is 3. The molecule has 0 amide bonds. The summed E-state index contributed by atoms with van der Waals surface area (Å²) >= 11 is 0. The highest BCUT2D eigenvalue weighted by Gasteiger charge is 2.35. The van der Waals surface area contributed by atoms with Crippen LogP contribution in [0.4, 0.5) is 13.2 Å². The zero-order valence-corrected chi connectivity index (χ0v) is 11.0. The first kappa shape index (κ1) is 15.7. The first-order chi connectivity index (χ1) is 8.33. The molecule has 1 fully saturated rings. The van der Waals surface area contributed by atoms with Crippen molar-refractivity contribution in [3.8, 4) is 0 Å². The minimum Gasteiger partial charge on any atom is -0.381 e. The SMILES string of the molecule is CC(C)NCC1(COCC(F)(F)F)CCCOC1. The quantitative estimate of drug-likeness (QED) is 0.803. The van der Waals surface area contributed by atoms with E-state index in [2.05, 4.69) is 5.32 Å². The summed E-state index contributed by atoms with van der Waals surface area (Å²) in [5.74, 6) is 0. The van der Waals surface area contributed by atoms with Crippen LogP contribution >= 0.6 is 0 Å². The molecule has 1 rings (SSSR count). The fourth-order valence-electron chi connectivity index (χ4n) is 2.02. The van der Waals surface area contributed by atoms with E-state index in [9.17, 15) is 13.2 Å². The lowest BCUT2D eigenvalue weighted by Crippen LogP contribution is -2.46. The monoisotopic (exact) mass is 269 g/mol. The first-order valence-electron chi connectivity index (χ1n) is 6.29. The summed E-state index contributed by atoms with van der Waals surface area (Å²) in [5, 5.41) is 3.26. The summed E-state index contributed by atoms with van der Waals surface area (Å²) in [6, 6.07) is 0.298. The molecule has 0 radical (unpaired) electrons. The molecule has 0 spiro atoms. The van der Waals surface area contributed by atoms with Gasteiger partial charge in [0.2, 0.25) is 0 Å². The lowest BCUT2D eigenvalue weighted by Gasteiger charge is -2.37. The van der Waals surface area contributed by atoms with Crippen molar-refractivity contribution in [3.05, 3.63) is 0 Å². The summed E-state index contributed by atoms with van der Waals surface area (Å²) in [7, 11) is 0. The van der Waals surface area contributed by atoms with Crippen LogP contribution in [0.15, 0.2) is 0 Å². The second-order valence-corrected chi connectivity index (χ2v) is 5.30. The Labute approximate surface area is 106 Å². The molecule has 0 saturated carbocycles. The van der Waals surface area contributed by atoms with Gasteiger partial charge in [0.05, 0.1) is 13.2 Å². The molecule has 1 heterocycles. The van der Waals surface area contributed by atoms with E-state index in [1.807, 2.05) is 13.8 Å². The molecule has 0 aromatic rings. The van der Waals surface area contributed by atoms with Crippen LogP contribution in [0.25, 0.3) is 0 Å². The van der Waals surface area contributed by atoms with E-state index in [4.69, 9.17) is 9.47 Å². The topological polar surface area (TPSA) is 30.5 Å². The maximum Gasteiger partial charge on any atom is 0.411 e. The summed E-state index contributed by atoms with van der Waals surface area (Å²) in [4.78, 5) is 0. The summed E-state index contributed by atoms with van der Waals surface area (Å²) < 4.78 is 46.5. The zero-order valence-electron chi connectivity index (χ0n) is 11.0. The van der Waals surface area contributed by atoms with Gasteiger partial charge in [-0.1, -0.05) is 13.8 Å². The van der Waals surface area contributed by atoms with Crippen molar-refractivity contribution >= 4 is 0 Å². The highest BCUT2D eigenvalue weighted by atomic mass is 19.4. The fourth-order valence-corrected chi connectivity index (χ4v) is 2.02. The van der Waals surface area contributed by atoms with Crippen molar-refractivity contribution in [2.45, 2.75) is 38.9 Å². The molecule has 1 aliphatic rings. The van der Waals surface area contributed by atoms with Gasteiger partial charge in [0.25, 0.3) is 0 Å². The van der Waals surface area contributed by atoms with Gasteiger partial charge in [-0.3, -0.25) is 0 Å². The Morgan fingerprint density at radius 3 is 2.61 bits per heavy atom. The predicted octanol–water partition coefficient (Wildman–Crippen LogP) is 2.36. The maximum atomic E-state index is 12.1. The Hall–Kier alpha value is -0.330. The summed E-state index contributed by atoms with van der Waals surface area (Å²) in [6.07, 6.45) is -2.55. The van der Waals surface area contributed by atoms with Gasteiger partial charge < -0.3 is 14.8 Å². The van der Waals surface area contributed by atoms with Crippen molar-refractivity contribution in [2.75, 3.05) is 33.0 Å². The lowest BCUT2D eigenvalue weighted by molar-refractivity contribution is -0.186. The third-order valence-corrected chi connectivity index (χ3v) is 2.96. The van der Waals surface area contributed by atoms with Crippen LogP contribution in [0.5, 0.6) is 0 Å². The molecular formula is C12H22F3NO2. The number of halogens is 3. The standard InChI is InChI=1S/C12H22F3NO2/c1-10(2)16-6-11(4-3-5-17-7-11)8-18-9-12(13,14)15/h10,16H,3-9H2,1-2H3. The maximum absolute atomic E-state index is 12.1. The van der Waals surface area contributed by atoms with Gasteiger partial charge in [-0.25, -0.2) is 0 Å². The molecule has 1 unspecified atom stereocenters. The van der Waals surface area contributed by atoms with Gasteiger partial charge in [0, 0.05) is 24.6 Å². The van der Waals surface area contributed by atoms with E-state index in [-0.39, 0.29) is 12.0 Å². The van der Waals surface area contributed by atoms with Crippen molar-refractivity contribution in [2.24, 2.45) is 5.41 Å². The Bertz CT molecular complexity index is 238. The summed E-state index contributed by atoms with van der Waals surface area (Å²) in [5.41, 5.74) is -0.326. The van der Waals surface area contributed by atoms with Gasteiger partial charge >= 0.3 is 6.18 Å². The van der Waals surface area contributed by atoms with E-state index >= 15 is 0 Å². The fraction of sp³-hybridized carbons (Fsp3) is 1.00. The average Bonchev–Trinajstić information content (AvgIpc) is 2.26. The molecule has 0 aliphatic carbocycles.